The number of amides is 2. The number of nitrogens with one attached hydrogen (secondary N) is 2. The van der Waals surface area contributed by atoms with Crippen molar-refractivity contribution in [3.05, 3.63) is 71.8 Å². The lowest BCUT2D eigenvalue weighted by molar-refractivity contribution is -0.151. The summed E-state index contributed by atoms with van der Waals surface area (Å²) >= 11 is 0. The molecule has 2 rings (SSSR count). The van der Waals surface area contributed by atoms with Crippen LogP contribution in [0, 0.1) is 0 Å². The molecule has 29 heavy (non-hydrogen) atoms. The Hall–Kier alpha value is -3.36. The summed E-state index contributed by atoms with van der Waals surface area (Å²) < 4.78 is 41.0. The maximum Gasteiger partial charge on any atom is 0.405 e. The molecule has 0 aromatic heterocycles. The van der Waals surface area contributed by atoms with E-state index >= 15 is 0 Å². The highest BCUT2D eigenvalue weighted by Crippen LogP contribution is 2.18. The van der Waals surface area contributed by atoms with Crippen LogP contribution in [0.4, 0.5) is 13.2 Å². The quantitative estimate of drug-likeness (QED) is 0.658. The minimum Gasteiger partial charge on any atom is -0.456 e. The number of carbonyl (C=O) groups is 3. The molecular formula is C20H19F3N2O4. The van der Waals surface area contributed by atoms with Crippen molar-refractivity contribution in [3.63, 3.8) is 0 Å². The molecule has 0 saturated carbocycles. The normalized spacial score (nSPS) is 12.0. The summed E-state index contributed by atoms with van der Waals surface area (Å²) in [5, 5.41) is 4.33. The van der Waals surface area contributed by atoms with Gasteiger partial charge in [0.1, 0.15) is 6.54 Å². The molecule has 2 aromatic rings. The van der Waals surface area contributed by atoms with Gasteiger partial charge in [-0.05, 0) is 17.7 Å². The number of carbonyl (C=O) groups excluding carboxylic acids is 3. The molecular weight excluding hydrogens is 389 g/mol. The SMILES string of the molecule is O=C(COC(=O)C[C@@H](NC(=O)c1ccccc1)c1ccccc1)NCC(F)(F)F. The van der Waals surface area contributed by atoms with Gasteiger partial charge in [0.15, 0.2) is 6.61 Å². The smallest absolute Gasteiger partial charge is 0.405 e. The fourth-order valence-electron chi connectivity index (χ4n) is 2.39. The summed E-state index contributed by atoms with van der Waals surface area (Å²) in [4.78, 5) is 35.9. The second-order valence-electron chi connectivity index (χ2n) is 6.06. The van der Waals surface area contributed by atoms with Gasteiger partial charge in [-0.1, -0.05) is 48.5 Å². The Morgan fingerprint density at radius 2 is 1.52 bits per heavy atom. The molecule has 0 bridgehead atoms. The molecule has 2 amide bonds. The molecule has 2 N–H and O–H groups in total. The zero-order valence-electron chi connectivity index (χ0n) is 15.2. The summed E-state index contributed by atoms with van der Waals surface area (Å²) in [6.07, 6.45) is -4.85. The molecule has 0 aliphatic rings. The number of hydrogen-bond acceptors (Lipinski definition) is 4. The van der Waals surface area contributed by atoms with Gasteiger partial charge in [-0.2, -0.15) is 13.2 Å². The predicted molar refractivity (Wildman–Crippen MR) is 97.7 cm³/mol. The zero-order chi connectivity index (χ0) is 21.3. The third-order valence-electron chi connectivity index (χ3n) is 3.76. The van der Waals surface area contributed by atoms with Crippen LogP contribution in [0.15, 0.2) is 60.7 Å². The molecule has 9 heteroatoms. The Balaban J connectivity index is 1.96. The summed E-state index contributed by atoms with van der Waals surface area (Å²) in [5.41, 5.74) is 1.03. The van der Waals surface area contributed by atoms with Gasteiger partial charge in [0.25, 0.3) is 11.8 Å². The first-order valence-corrected chi connectivity index (χ1v) is 8.64. The summed E-state index contributed by atoms with van der Waals surface area (Å²) in [5.74, 6) is -2.31. The monoisotopic (exact) mass is 408 g/mol. The number of ether oxygens (including phenoxy) is 1. The highest BCUT2D eigenvalue weighted by molar-refractivity contribution is 5.94. The molecule has 0 heterocycles. The summed E-state index contributed by atoms with van der Waals surface area (Å²) in [7, 11) is 0. The minimum atomic E-state index is -4.56. The van der Waals surface area contributed by atoms with E-state index in [1.165, 1.54) is 0 Å². The first kappa shape index (κ1) is 21.9. The lowest BCUT2D eigenvalue weighted by Crippen LogP contribution is -2.37. The van der Waals surface area contributed by atoms with E-state index in [0.29, 0.717) is 11.1 Å². The molecule has 2 aromatic carbocycles. The molecule has 0 aliphatic carbocycles. The topological polar surface area (TPSA) is 84.5 Å². The van der Waals surface area contributed by atoms with Gasteiger partial charge in [0.2, 0.25) is 0 Å². The van der Waals surface area contributed by atoms with Gasteiger partial charge < -0.3 is 15.4 Å². The van der Waals surface area contributed by atoms with Crippen molar-refractivity contribution >= 4 is 17.8 Å². The Labute approximate surface area is 165 Å². The van der Waals surface area contributed by atoms with E-state index in [9.17, 15) is 27.6 Å². The number of alkyl halides is 3. The van der Waals surface area contributed by atoms with Crippen LogP contribution in [0.5, 0.6) is 0 Å². The maximum absolute atomic E-state index is 12.4. The first-order chi connectivity index (χ1) is 13.7. The lowest BCUT2D eigenvalue weighted by Gasteiger charge is -2.19. The van der Waals surface area contributed by atoms with Crippen LogP contribution < -0.4 is 10.6 Å². The van der Waals surface area contributed by atoms with Crippen LogP contribution in [-0.2, 0) is 14.3 Å². The van der Waals surface area contributed by atoms with Crippen molar-refractivity contribution in [1.29, 1.82) is 0 Å². The number of halogens is 3. The van der Waals surface area contributed by atoms with E-state index < -0.39 is 43.2 Å². The third-order valence-corrected chi connectivity index (χ3v) is 3.76. The van der Waals surface area contributed by atoms with Gasteiger partial charge in [-0.3, -0.25) is 14.4 Å². The number of benzene rings is 2. The van der Waals surface area contributed by atoms with Crippen LogP contribution in [-0.4, -0.2) is 37.1 Å². The average Bonchev–Trinajstić information content (AvgIpc) is 2.71. The third kappa shape index (κ3) is 8.04. The molecule has 0 unspecified atom stereocenters. The van der Waals surface area contributed by atoms with E-state index in [0.717, 1.165) is 0 Å². The van der Waals surface area contributed by atoms with Crippen LogP contribution >= 0.6 is 0 Å². The van der Waals surface area contributed by atoms with Gasteiger partial charge in [0.05, 0.1) is 12.5 Å². The molecule has 6 nitrogen and oxygen atoms in total. The molecule has 0 saturated heterocycles. The van der Waals surface area contributed by atoms with E-state index in [1.807, 2.05) is 0 Å². The standard InChI is InChI=1S/C20H19F3N2O4/c21-20(22,23)13-24-17(26)12-29-18(27)11-16(14-7-3-1-4-8-14)25-19(28)15-9-5-2-6-10-15/h1-10,16H,11-13H2,(H,24,26)(H,25,28)/t16-/m1/s1. The van der Waals surface area contributed by atoms with Crippen LogP contribution in [0.1, 0.15) is 28.4 Å². The number of rotatable bonds is 8. The van der Waals surface area contributed by atoms with Crippen LogP contribution in [0.2, 0.25) is 0 Å². The lowest BCUT2D eigenvalue weighted by atomic mass is 10.0. The van der Waals surface area contributed by atoms with Crippen molar-refractivity contribution in [1.82, 2.24) is 10.6 Å². The molecule has 0 aliphatic heterocycles. The Bertz CT molecular complexity index is 827. The fraction of sp³-hybridized carbons (Fsp3) is 0.250. The summed E-state index contributed by atoms with van der Waals surface area (Å²) in [6.45, 7) is -2.35. The molecule has 0 fully saturated rings. The van der Waals surface area contributed by atoms with E-state index in [1.54, 1.807) is 66.0 Å². The summed E-state index contributed by atoms with van der Waals surface area (Å²) in [6, 6.07) is 16.3. The Kier molecular flexibility index (Phi) is 7.76. The van der Waals surface area contributed by atoms with Gasteiger partial charge in [-0.25, -0.2) is 0 Å². The minimum absolute atomic E-state index is 0.296. The average molecular weight is 408 g/mol. The van der Waals surface area contributed by atoms with Crippen molar-refractivity contribution in [2.45, 2.75) is 18.6 Å². The van der Waals surface area contributed by atoms with Crippen molar-refractivity contribution in [3.8, 4) is 0 Å². The highest BCUT2D eigenvalue weighted by Gasteiger charge is 2.28. The second kappa shape index (κ2) is 10.3. The van der Waals surface area contributed by atoms with Crippen LogP contribution in [0.25, 0.3) is 0 Å². The predicted octanol–water partition coefficient (Wildman–Crippen LogP) is 2.77. The Morgan fingerprint density at radius 1 is 0.931 bits per heavy atom. The maximum atomic E-state index is 12.4. The zero-order valence-corrected chi connectivity index (χ0v) is 15.2. The van der Waals surface area contributed by atoms with E-state index in [4.69, 9.17) is 4.74 Å². The highest BCUT2D eigenvalue weighted by atomic mass is 19.4. The van der Waals surface area contributed by atoms with Crippen molar-refractivity contribution in [2.75, 3.05) is 13.2 Å². The van der Waals surface area contributed by atoms with Gasteiger partial charge >= 0.3 is 12.1 Å². The molecule has 1 atom stereocenters. The number of esters is 1. The van der Waals surface area contributed by atoms with E-state index in [2.05, 4.69) is 5.32 Å². The Morgan fingerprint density at radius 3 is 2.10 bits per heavy atom. The van der Waals surface area contributed by atoms with E-state index in [-0.39, 0.29) is 6.42 Å². The molecule has 154 valence electrons. The van der Waals surface area contributed by atoms with Gasteiger partial charge in [-0.15, -0.1) is 0 Å². The first-order valence-electron chi connectivity index (χ1n) is 8.64. The van der Waals surface area contributed by atoms with Gasteiger partial charge in [0, 0.05) is 5.56 Å². The fourth-order valence-corrected chi connectivity index (χ4v) is 2.39. The van der Waals surface area contributed by atoms with Crippen LogP contribution in [0.3, 0.4) is 0 Å². The second-order valence-corrected chi connectivity index (χ2v) is 6.06. The number of hydrogen-bond donors (Lipinski definition) is 2. The van der Waals surface area contributed by atoms with Crippen molar-refractivity contribution < 1.29 is 32.3 Å². The molecule has 0 spiro atoms. The molecule has 0 radical (unpaired) electrons. The van der Waals surface area contributed by atoms with Crippen molar-refractivity contribution in [2.24, 2.45) is 0 Å². The largest absolute Gasteiger partial charge is 0.456 e.